The maximum Gasteiger partial charge on any atom is 0.193 e. The molecule has 0 radical (unpaired) electrons. The van der Waals surface area contributed by atoms with Crippen molar-refractivity contribution in [2.45, 2.75) is 58.4 Å². The van der Waals surface area contributed by atoms with Crippen molar-refractivity contribution in [3.05, 3.63) is 12.2 Å². The van der Waals surface area contributed by atoms with E-state index in [1.165, 1.54) is 0 Å². The zero-order chi connectivity index (χ0) is 12.3. The third kappa shape index (κ3) is 4.68. The van der Waals surface area contributed by atoms with Gasteiger partial charge in [0.1, 0.15) is 6.10 Å². The summed E-state index contributed by atoms with van der Waals surface area (Å²) in [6.45, 7) is 16.9. The molecule has 0 aromatic carbocycles. The van der Waals surface area contributed by atoms with Crippen LogP contribution in [-0.4, -0.2) is 14.4 Å². The molecule has 0 spiro atoms. The standard InChI is InChI=1S/C13H24OSi/c1-9-12(10-11(2)3)14-15(7,8)13(4,5)6/h1,12H,2,10H2,3-8H3. The molecule has 0 aliphatic carbocycles. The molecule has 0 N–H and O–H groups in total. The van der Waals surface area contributed by atoms with E-state index in [2.05, 4.69) is 46.4 Å². The topological polar surface area (TPSA) is 9.23 Å². The summed E-state index contributed by atoms with van der Waals surface area (Å²) in [7, 11) is -1.74. The second kappa shape index (κ2) is 5.00. The minimum absolute atomic E-state index is 0.108. The third-order valence-corrected chi connectivity index (χ3v) is 7.45. The lowest BCUT2D eigenvalue weighted by Gasteiger charge is -2.38. The first-order valence-electron chi connectivity index (χ1n) is 5.38. The summed E-state index contributed by atoms with van der Waals surface area (Å²) in [5.74, 6) is 2.71. The SMILES string of the molecule is C#CC(CC(=C)C)O[Si](C)(C)C(C)(C)C. The van der Waals surface area contributed by atoms with E-state index in [4.69, 9.17) is 10.8 Å². The van der Waals surface area contributed by atoms with Gasteiger partial charge in [0.15, 0.2) is 8.32 Å². The fourth-order valence-corrected chi connectivity index (χ4v) is 2.20. The minimum Gasteiger partial charge on any atom is -0.403 e. The Hall–Kier alpha value is -0.523. The second-order valence-electron chi connectivity index (χ2n) is 5.69. The van der Waals surface area contributed by atoms with Crippen molar-refractivity contribution in [1.29, 1.82) is 0 Å². The molecular weight excluding hydrogens is 200 g/mol. The van der Waals surface area contributed by atoms with Crippen molar-refractivity contribution in [1.82, 2.24) is 0 Å². The molecule has 0 aliphatic heterocycles. The maximum absolute atomic E-state index is 6.10. The van der Waals surface area contributed by atoms with Gasteiger partial charge < -0.3 is 4.43 Å². The molecule has 0 saturated heterocycles. The monoisotopic (exact) mass is 224 g/mol. The second-order valence-corrected chi connectivity index (χ2v) is 10.5. The van der Waals surface area contributed by atoms with Gasteiger partial charge in [-0.05, 0) is 25.1 Å². The molecule has 0 aliphatic rings. The van der Waals surface area contributed by atoms with Gasteiger partial charge in [0, 0.05) is 6.42 Å². The molecule has 1 unspecified atom stereocenters. The lowest BCUT2D eigenvalue weighted by Crippen LogP contribution is -2.43. The van der Waals surface area contributed by atoms with Crippen LogP contribution in [0.15, 0.2) is 12.2 Å². The van der Waals surface area contributed by atoms with Crippen molar-refractivity contribution in [3.8, 4) is 12.3 Å². The Morgan fingerprint density at radius 2 is 1.93 bits per heavy atom. The van der Waals surface area contributed by atoms with Gasteiger partial charge in [0.05, 0.1) is 0 Å². The fourth-order valence-electron chi connectivity index (χ4n) is 0.984. The van der Waals surface area contributed by atoms with Crippen molar-refractivity contribution in [2.75, 3.05) is 0 Å². The summed E-state index contributed by atoms with van der Waals surface area (Å²) in [6, 6.07) is 0. The maximum atomic E-state index is 6.10. The van der Waals surface area contributed by atoms with Gasteiger partial charge in [-0.15, -0.1) is 13.0 Å². The molecule has 0 aromatic heterocycles. The van der Waals surface area contributed by atoms with Gasteiger partial charge in [-0.1, -0.05) is 32.3 Å². The van der Waals surface area contributed by atoms with E-state index in [1.807, 2.05) is 6.92 Å². The molecule has 1 nitrogen and oxygen atoms in total. The molecule has 86 valence electrons. The van der Waals surface area contributed by atoms with E-state index in [9.17, 15) is 0 Å². The highest BCUT2D eigenvalue weighted by molar-refractivity contribution is 6.74. The molecule has 0 amide bonds. The quantitative estimate of drug-likeness (QED) is 0.399. The largest absolute Gasteiger partial charge is 0.403 e. The minimum atomic E-state index is -1.74. The van der Waals surface area contributed by atoms with E-state index in [0.717, 1.165) is 12.0 Å². The highest BCUT2D eigenvalue weighted by Crippen LogP contribution is 2.37. The van der Waals surface area contributed by atoms with Crippen LogP contribution in [0.1, 0.15) is 34.1 Å². The Morgan fingerprint density at radius 3 is 2.20 bits per heavy atom. The predicted octanol–water partition coefficient (Wildman–Crippen LogP) is 3.98. The van der Waals surface area contributed by atoms with Crippen LogP contribution in [0.4, 0.5) is 0 Å². The lowest BCUT2D eigenvalue weighted by molar-refractivity contribution is 0.234. The number of hydrogen-bond acceptors (Lipinski definition) is 1. The van der Waals surface area contributed by atoms with Crippen LogP contribution in [0.25, 0.3) is 0 Å². The van der Waals surface area contributed by atoms with Crippen molar-refractivity contribution < 1.29 is 4.43 Å². The summed E-state index contributed by atoms with van der Waals surface area (Å²) in [4.78, 5) is 0. The van der Waals surface area contributed by atoms with E-state index in [0.29, 0.717) is 0 Å². The van der Waals surface area contributed by atoms with Gasteiger partial charge in [-0.25, -0.2) is 0 Å². The van der Waals surface area contributed by atoms with E-state index in [-0.39, 0.29) is 11.1 Å². The first-order valence-corrected chi connectivity index (χ1v) is 8.29. The molecule has 0 fully saturated rings. The zero-order valence-electron chi connectivity index (χ0n) is 11.0. The van der Waals surface area contributed by atoms with Crippen molar-refractivity contribution >= 4 is 8.32 Å². The van der Waals surface area contributed by atoms with E-state index < -0.39 is 8.32 Å². The predicted molar refractivity (Wildman–Crippen MR) is 70.3 cm³/mol. The molecule has 1 atom stereocenters. The normalized spacial score (nSPS) is 14.5. The molecule has 0 bridgehead atoms. The van der Waals surface area contributed by atoms with Gasteiger partial charge in [0.25, 0.3) is 0 Å². The van der Waals surface area contributed by atoms with Gasteiger partial charge >= 0.3 is 0 Å². The van der Waals surface area contributed by atoms with Crippen molar-refractivity contribution in [2.24, 2.45) is 0 Å². The van der Waals surface area contributed by atoms with Crippen LogP contribution >= 0.6 is 0 Å². The van der Waals surface area contributed by atoms with Crippen LogP contribution in [0.5, 0.6) is 0 Å². The molecule has 0 rings (SSSR count). The lowest BCUT2D eigenvalue weighted by atomic mass is 10.2. The number of rotatable bonds is 4. The van der Waals surface area contributed by atoms with Crippen LogP contribution in [0.2, 0.25) is 18.1 Å². The van der Waals surface area contributed by atoms with Crippen LogP contribution in [0, 0.1) is 12.3 Å². The highest BCUT2D eigenvalue weighted by Gasteiger charge is 2.38. The first kappa shape index (κ1) is 14.5. The molecule has 15 heavy (non-hydrogen) atoms. The summed E-state index contributed by atoms with van der Waals surface area (Å²) in [6.07, 6.45) is 6.14. The molecular formula is C13H24OSi. The number of terminal acetylenes is 1. The molecule has 0 aromatic rings. The summed E-state index contributed by atoms with van der Waals surface area (Å²) in [5, 5.41) is 0.206. The summed E-state index contributed by atoms with van der Waals surface area (Å²) >= 11 is 0. The van der Waals surface area contributed by atoms with Crippen LogP contribution in [-0.2, 0) is 4.43 Å². The van der Waals surface area contributed by atoms with E-state index >= 15 is 0 Å². The van der Waals surface area contributed by atoms with Gasteiger partial charge in [-0.2, -0.15) is 0 Å². The average molecular weight is 224 g/mol. The van der Waals surface area contributed by atoms with Crippen molar-refractivity contribution in [3.63, 3.8) is 0 Å². The average Bonchev–Trinajstić information content (AvgIpc) is 1.99. The Kier molecular flexibility index (Phi) is 4.83. The Morgan fingerprint density at radius 1 is 1.47 bits per heavy atom. The zero-order valence-corrected chi connectivity index (χ0v) is 12.0. The molecule has 0 heterocycles. The molecule has 0 saturated carbocycles. The van der Waals surface area contributed by atoms with E-state index in [1.54, 1.807) is 0 Å². The van der Waals surface area contributed by atoms with Gasteiger partial charge in [0.2, 0.25) is 0 Å². The fraction of sp³-hybridized carbons (Fsp3) is 0.692. The van der Waals surface area contributed by atoms with Gasteiger partial charge in [-0.3, -0.25) is 0 Å². The Balaban J connectivity index is 4.56. The number of hydrogen-bond donors (Lipinski definition) is 0. The highest BCUT2D eigenvalue weighted by atomic mass is 28.4. The van der Waals surface area contributed by atoms with Crippen LogP contribution < -0.4 is 0 Å². The smallest absolute Gasteiger partial charge is 0.193 e. The van der Waals surface area contributed by atoms with Crippen LogP contribution in [0.3, 0.4) is 0 Å². The summed E-state index contributed by atoms with van der Waals surface area (Å²) in [5.41, 5.74) is 1.08. The third-order valence-electron chi connectivity index (χ3n) is 2.96. The molecule has 2 heteroatoms. The Labute approximate surface area is 96.0 Å². The summed E-state index contributed by atoms with van der Waals surface area (Å²) < 4.78 is 6.10. The Bertz CT molecular complexity index is 265. The first-order chi connectivity index (χ1) is 6.60.